The average Bonchev–Trinajstić information content (AvgIpc) is 3.22. The van der Waals surface area contributed by atoms with Gasteiger partial charge in [-0.1, -0.05) is 13.2 Å². The van der Waals surface area contributed by atoms with Crippen molar-refractivity contribution in [1.29, 1.82) is 0 Å². The highest BCUT2D eigenvalue weighted by Crippen LogP contribution is 2.63. The predicted molar refractivity (Wildman–Crippen MR) is 86.3 cm³/mol. The van der Waals surface area contributed by atoms with Gasteiger partial charge in [0.25, 0.3) is 0 Å². The second kappa shape index (κ2) is 6.50. The van der Waals surface area contributed by atoms with E-state index in [1.807, 2.05) is 6.92 Å². The van der Waals surface area contributed by atoms with Gasteiger partial charge in [-0.25, -0.2) is 9.59 Å². The summed E-state index contributed by atoms with van der Waals surface area (Å²) in [5, 5.41) is 0. The Bertz CT molecular complexity index is 491. The molecule has 0 amide bonds. The lowest BCUT2D eigenvalue weighted by Crippen LogP contribution is -2.24. The third-order valence-electron chi connectivity index (χ3n) is 6.45. The van der Waals surface area contributed by atoms with Crippen LogP contribution >= 0.6 is 0 Å². The first-order valence-corrected chi connectivity index (χ1v) is 8.67. The Kier molecular flexibility index (Phi) is 4.60. The highest BCUT2D eigenvalue weighted by Gasteiger charge is 2.58. The maximum atomic E-state index is 11.4. The van der Waals surface area contributed by atoms with E-state index in [0.717, 1.165) is 12.8 Å². The number of carbonyl (C=O) groups is 2. The zero-order valence-electron chi connectivity index (χ0n) is 13.8. The number of rotatable bonds is 6. The van der Waals surface area contributed by atoms with Gasteiger partial charge in [-0.2, -0.15) is 0 Å². The number of hydrogen-bond acceptors (Lipinski definition) is 4. The van der Waals surface area contributed by atoms with E-state index < -0.39 is 0 Å². The second-order valence-electron chi connectivity index (χ2n) is 7.31. The Morgan fingerprint density at radius 1 is 1.04 bits per heavy atom. The first kappa shape index (κ1) is 16.3. The summed E-state index contributed by atoms with van der Waals surface area (Å²) in [7, 11) is 0. The van der Waals surface area contributed by atoms with Crippen molar-refractivity contribution < 1.29 is 19.1 Å². The minimum atomic E-state index is -0.327. The molecule has 3 fully saturated rings. The monoisotopic (exact) mass is 318 g/mol. The van der Waals surface area contributed by atoms with Gasteiger partial charge in [0.2, 0.25) is 0 Å². The molecule has 126 valence electrons. The number of carbonyl (C=O) groups excluding carboxylic acids is 2. The summed E-state index contributed by atoms with van der Waals surface area (Å²) < 4.78 is 10.7. The first-order chi connectivity index (χ1) is 11.0. The van der Waals surface area contributed by atoms with Gasteiger partial charge < -0.3 is 9.47 Å². The van der Waals surface area contributed by atoms with Crippen LogP contribution in [0.25, 0.3) is 0 Å². The zero-order valence-corrected chi connectivity index (χ0v) is 13.8. The van der Waals surface area contributed by atoms with Crippen LogP contribution in [0.5, 0.6) is 0 Å². The Morgan fingerprint density at radius 2 is 1.61 bits per heavy atom. The molecule has 0 aromatic heterocycles. The summed E-state index contributed by atoms with van der Waals surface area (Å²) in [5.41, 5.74) is 0. The molecule has 0 N–H and O–H groups in total. The lowest BCUT2D eigenvalue weighted by molar-refractivity contribution is -0.144. The van der Waals surface area contributed by atoms with E-state index in [-0.39, 0.29) is 18.0 Å². The van der Waals surface area contributed by atoms with Gasteiger partial charge in [-0.15, -0.1) is 0 Å². The molecule has 0 radical (unpaired) electrons. The van der Waals surface area contributed by atoms with E-state index in [0.29, 0.717) is 42.1 Å². The van der Waals surface area contributed by atoms with Gasteiger partial charge in [0.1, 0.15) is 6.10 Å². The van der Waals surface area contributed by atoms with Crippen molar-refractivity contribution in [2.75, 3.05) is 6.61 Å². The molecule has 4 heteroatoms. The van der Waals surface area contributed by atoms with E-state index in [2.05, 4.69) is 13.2 Å². The van der Waals surface area contributed by atoms with Crippen LogP contribution in [-0.2, 0) is 19.1 Å². The van der Waals surface area contributed by atoms with Gasteiger partial charge in [0.15, 0.2) is 0 Å². The average molecular weight is 318 g/mol. The molecular formula is C19H26O4. The van der Waals surface area contributed by atoms with Crippen molar-refractivity contribution in [2.24, 2.45) is 35.5 Å². The molecule has 3 aliphatic rings. The van der Waals surface area contributed by atoms with Gasteiger partial charge in [0, 0.05) is 12.2 Å². The van der Waals surface area contributed by atoms with Crippen LogP contribution in [0.15, 0.2) is 25.3 Å². The molecule has 23 heavy (non-hydrogen) atoms. The molecule has 5 atom stereocenters. The molecule has 3 saturated carbocycles. The Morgan fingerprint density at radius 3 is 2.13 bits per heavy atom. The van der Waals surface area contributed by atoms with Crippen molar-refractivity contribution in [2.45, 2.75) is 38.7 Å². The smallest absolute Gasteiger partial charge is 0.330 e. The zero-order chi connectivity index (χ0) is 16.6. The molecule has 0 aliphatic heterocycles. The Hall–Kier alpha value is -1.58. The third-order valence-corrected chi connectivity index (χ3v) is 6.45. The van der Waals surface area contributed by atoms with E-state index in [9.17, 15) is 9.59 Å². The van der Waals surface area contributed by atoms with E-state index in [1.54, 1.807) is 0 Å². The highest BCUT2D eigenvalue weighted by molar-refractivity contribution is 5.81. The minimum Gasteiger partial charge on any atom is -0.462 e. The first-order valence-electron chi connectivity index (χ1n) is 8.67. The summed E-state index contributed by atoms with van der Waals surface area (Å²) in [6, 6.07) is 0. The molecule has 0 aromatic rings. The SMILES string of the molecule is C=CC(=O)OCC1C2CCC1C1CC(C(C)OC(=O)C=C)CC21. The maximum absolute atomic E-state index is 11.4. The Balaban J connectivity index is 1.58. The quantitative estimate of drug-likeness (QED) is 0.558. The van der Waals surface area contributed by atoms with Crippen LogP contribution in [0.2, 0.25) is 0 Å². The van der Waals surface area contributed by atoms with Crippen molar-refractivity contribution in [3.63, 3.8) is 0 Å². The number of ether oxygens (including phenoxy) is 2. The van der Waals surface area contributed by atoms with Gasteiger partial charge in [-0.05, 0) is 68.1 Å². The molecule has 0 saturated heterocycles. The van der Waals surface area contributed by atoms with E-state index >= 15 is 0 Å². The molecule has 0 aromatic carbocycles. The summed E-state index contributed by atoms with van der Waals surface area (Å²) >= 11 is 0. The lowest BCUT2D eigenvalue weighted by atomic mass is 9.82. The number of hydrogen-bond donors (Lipinski definition) is 0. The third kappa shape index (κ3) is 2.96. The standard InChI is InChI=1S/C19H26O4/c1-4-18(20)22-10-17-13-6-7-14(17)16-9-12(8-15(13)16)11(3)23-19(21)5-2/h4-5,11-17H,1-2,6-10H2,3H3. The van der Waals surface area contributed by atoms with Crippen LogP contribution in [0.3, 0.4) is 0 Å². The molecule has 4 nitrogen and oxygen atoms in total. The minimum absolute atomic E-state index is 0.0393. The van der Waals surface area contributed by atoms with Crippen molar-refractivity contribution >= 4 is 11.9 Å². The number of fused-ring (bicyclic) bond motifs is 5. The van der Waals surface area contributed by atoms with Gasteiger partial charge in [0.05, 0.1) is 6.61 Å². The van der Waals surface area contributed by atoms with Crippen LogP contribution in [0.1, 0.15) is 32.6 Å². The van der Waals surface area contributed by atoms with Crippen molar-refractivity contribution in [3.05, 3.63) is 25.3 Å². The van der Waals surface area contributed by atoms with Gasteiger partial charge in [-0.3, -0.25) is 0 Å². The molecule has 3 aliphatic carbocycles. The van der Waals surface area contributed by atoms with Crippen molar-refractivity contribution in [3.8, 4) is 0 Å². The van der Waals surface area contributed by atoms with E-state index in [4.69, 9.17) is 9.47 Å². The summed E-state index contributed by atoms with van der Waals surface area (Å²) in [5.74, 6) is 3.06. The van der Waals surface area contributed by atoms with E-state index in [1.165, 1.54) is 25.0 Å². The largest absolute Gasteiger partial charge is 0.462 e. The Labute approximate surface area is 137 Å². The predicted octanol–water partition coefficient (Wildman–Crippen LogP) is 3.13. The molecule has 5 unspecified atom stereocenters. The molecule has 0 spiro atoms. The highest BCUT2D eigenvalue weighted by atomic mass is 16.5. The summed E-state index contributed by atoms with van der Waals surface area (Å²) in [6.07, 6.45) is 7.18. The fraction of sp³-hybridized carbons (Fsp3) is 0.684. The summed E-state index contributed by atoms with van der Waals surface area (Å²) in [4.78, 5) is 22.7. The molecule has 0 heterocycles. The van der Waals surface area contributed by atoms with Crippen LogP contribution in [0.4, 0.5) is 0 Å². The van der Waals surface area contributed by atoms with Gasteiger partial charge >= 0.3 is 11.9 Å². The van der Waals surface area contributed by atoms with Crippen LogP contribution < -0.4 is 0 Å². The molecular weight excluding hydrogens is 292 g/mol. The van der Waals surface area contributed by atoms with Crippen LogP contribution in [0, 0.1) is 35.5 Å². The maximum Gasteiger partial charge on any atom is 0.330 e. The fourth-order valence-corrected chi connectivity index (χ4v) is 5.52. The van der Waals surface area contributed by atoms with Crippen LogP contribution in [-0.4, -0.2) is 24.6 Å². The second-order valence-corrected chi connectivity index (χ2v) is 7.31. The lowest BCUT2D eigenvalue weighted by Gasteiger charge is -2.23. The normalized spacial score (nSPS) is 38.7. The fourth-order valence-electron chi connectivity index (χ4n) is 5.52. The van der Waals surface area contributed by atoms with Crippen molar-refractivity contribution in [1.82, 2.24) is 0 Å². The number of esters is 2. The topological polar surface area (TPSA) is 52.6 Å². The summed E-state index contributed by atoms with van der Waals surface area (Å²) in [6.45, 7) is 9.45. The molecule has 3 rings (SSSR count). The molecule has 2 bridgehead atoms.